The van der Waals surface area contributed by atoms with E-state index in [0.29, 0.717) is 70.5 Å². The third kappa shape index (κ3) is 13.7. The predicted octanol–water partition coefficient (Wildman–Crippen LogP) is 23.2. The molecular weight excluding hydrogens is 1330 g/mol. The molecule has 4 aromatic carbocycles. The van der Waals surface area contributed by atoms with Gasteiger partial charge in [0.05, 0.1) is 22.3 Å². The fourth-order valence-electron chi connectivity index (χ4n) is 15.2. The maximum Gasteiger partial charge on any atom is 0.227 e. The molecule has 548 valence electrons. The van der Waals surface area contributed by atoms with Gasteiger partial charge >= 0.3 is 0 Å². The van der Waals surface area contributed by atoms with Crippen LogP contribution in [0.25, 0.3) is 133 Å². The molecule has 2 fully saturated rings. The highest BCUT2D eigenvalue weighted by Gasteiger charge is 2.29. The molecule has 0 bridgehead atoms. The molecule has 12 heterocycles. The largest absolute Gasteiger partial charge is 0.437 e. The van der Waals surface area contributed by atoms with Crippen molar-refractivity contribution in [3.8, 4) is 45.0 Å². The molecule has 12 nitrogen and oxygen atoms in total. The molecule has 16 aromatic rings. The second-order valence-electron chi connectivity index (χ2n) is 29.3. The van der Waals surface area contributed by atoms with Gasteiger partial charge in [-0.15, -0.1) is 0 Å². The molecule has 18 rings (SSSR count). The predicted molar refractivity (Wildman–Crippen MR) is 440 cm³/mol. The number of aryl methyl sites for hydroxylation is 14. The zero-order valence-corrected chi connectivity index (χ0v) is 64.7. The number of benzene rings is 4. The molecule has 2 aliphatic carbocycles. The fourth-order valence-corrected chi connectivity index (χ4v) is 15.2. The van der Waals surface area contributed by atoms with Crippen LogP contribution < -0.4 is 18.3 Å². The summed E-state index contributed by atoms with van der Waals surface area (Å²) in [6.45, 7) is 18.7. The molecule has 0 radical (unpaired) electrons. The molecule has 0 saturated heterocycles. The number of fused-ring (bicyclic) bond motifs is 12. The first-order valence-electron chi connectivity index (χ1n) is 45.3. The van der Waals surface area contributed by atoms with Gasteiger partial charge in [-0.1, -0.05) is 115 Å². The lowest BCUT2D eigenvalue weighted by molar-refractivity contribution is -0.661. The van der Waals surface area contributed by atoms with Crippen molar-refractivity contribution in [2.24, 2.45) is 28.2 Å². The smallest absolute Gasteiger partial charge is 0.227 e. The van der Waals surface area contributed by atoms with Crippen molar-refractivity contribution >= 4 is 88.3 Å². The van der Waals surface area contributed by atoms with Gasteiger partial charge in [-0.25, -0.2) is 38.2 Å². The number of nitrogens with zero attached hydrogens (tertiary/aromatic N) is 8. The Morgan fingerprint density at radius 3 is 1.16 bits per heavy atom. The summed E-state index contributed by atoms with van der Waals surface area (Å²) in [5.41, 5.74) is 25.3. The topological polar surface area (TPSA) is 120 Å². The monoisotopic (exact) mass is 1450 g/mol. The van der Waals surface area contributed by atoms with E-state index in [4.69, 9.17) is 39.6 Å². The zero-order chi connectivity index (χ0) is 89.7. The highest BCUT2D eigenvalue weighted by Crippen LogP contribution is 2.44. The van der Waals surface area contributed by atoms with Gasteiger partial charge in [0.25, 0.3) is 0 Å². The zero-order valence-electron chi connectivity index (χ0n) is 80.7. The standard InChI is InChI=1S/C27H31N2O.C26H29N2O.C22H23N2O.C21H21N2O/c1-17(2)20-11-15-24(29(4)16-20)25-18(3)10-12-21-22-13-14-23(19-8-6-5-7-9-19)28-27(22)30-26(21)25;1-16(2)19-10-14-23(28(4)15-19)24-17(3)9-11-20-21-12-13-22(18-7-5-6-8-18)27-26(21)29-25(20)24;1-6-16-8-10-18-17-9-7-13(2)20(21(17)25-22(18)23-16)19-11-14(3)15(4)12-24(19)5;1-12-6-8-16-17-9-7-15(4)22-21(17)24-20(16)19(12)18-10-13(2)14(3)11-23(18)5/h10-17,19H,5-9H2,1-4H3;9-16,18H,5-8H2,1-4H3;7-12H,6H2,1-5H3;6-11H,1-5H3/q4*+1/i1D3,8D2,9D2,17D,19D;1D3,7D2,16D,18D;;. The van der Waals surface area contributed by atoms with Gasteiger partial charge in [0.2, 0.25) is 45.6 Å². The molecule has 2 aliphatic rings. The number of hydrogen-bond acceptors (Lipinski definition) is 8. The van der Waals surface area contributed by atoms with Gasteiger partial charge in [-0.2, -0.15) is 0 Å². The van der Waals surface area contributed by atoms with E-state index in [9.17, 15) is 0 Å². The summed E-state index contributed by atoms with van der Waals surface area (Å²) in [5, 5.41) is 7.47. The van der Waals surface area contributed by atoms with Crippen LogP contribution in [0.1, 0.15) is 216 Å². The first kappa shape index (κ1) is 55.7. The van der Waals surface area contributed by atoms with Crippen molar-refractivity contribution in [2.75, 3.05) is 0 Å². The minimum atomic E-state index is -2.50. The Hall–Kier alpha value is -10.7. The van der Waals surface area contributed by atoms with Crippen molar-refractivity contribution in [3.63, 3.8) is 0 Å². The van der Waals surface area contributed by atoms with E-state index in [-0.39, 0.29) is 24.2 Å². The quantitative estimate of drug-likeness (QED) is 0.131. The van der Waals surface area contributed by atoms with Crippen LogP contribution in [0.15, 0.2) is 176 Å². The first-order chi connectivity index (χ1) is 58.0. The molecule has 3 unspecified atom stereocenters. The van der Waals surface area contributed by atoms with Gasteiger partial charge < -0.3 is 17.7 Å². The number of furan rings is 4. The lowest BCUT2D eigenvalue weighted by Crippen LogP contribution is -2.31. The average molecular weight is 1450 g/mol. The molecule has 108 heavy (non-hydrogen) atoms. The minimum Gasteiger partial charge on any atom is -0.437 e. The van der Waals surface area contributed by atoms with Crippen LogP contribution in [-0.4, -0.2) is 19.9 Å². The molecule has 0 spiro atoms. The Morgan fingerprint density at radius 2 is 0.750 bits per heavy atom. The van der Waals surface area contributed by atoms with E-state index in [1.807, 2.05) is 74.9 Å². The number of rotatable bonds is 9. The van der Waals surface area contributed by atoms with Crippen LogP contribution in [-0.2, 0) is 34.6 Å². The van der Waals surface area contributed by atoms with E-state index in [1.54, 1.807) is 54.3 Å². The van der Waals surface area contributed by atoms with E-state index in [0.717, 1.165) is 123 Å². The molecular formula is C96H104N8O4+4. The van der Waals surface area contributed by atoms with Gasteiger partial charge in [0, 0.05) is 146 Å². The molecule has 12 aromatic heterocycles. The van der Waals surface area contributed by atoms with Crippen LogP contribution in [0.3, 0.4) is 0 Å². The SMILES string of the molecule is CCc1ccc2c(n1)oc1c(-c3cc(C)c(C)c[n+]3C)c(C)ccc12.Cc1ccc2c(n1)oc1c(-c3cc(C)c(C)c[n+]3C)c(C)ccc12.[2H]C([2H])([2H])C([2H])(C)c1ccc(-c2c(C)ccc3c2oc2nc(C4([2H])C([2H])([2H])CCCC4([2H])[2H])ccc23)[n+](C)c1.[2H]C([2H])([2H])C([2H])(C)c1ccc(-c2c(C)ccc3c2oc2nc(C4([2H])CCCC4([2H])[2H])ccc23)[n+](C)c1. The summed E-state index contributed by atoms with van der Waals surface area (Å²) in [5.74, 6) is -7.14. The Kier molecular flexibility index (Phi) is 15.4. The normalized spacial score (nSPS) is 20.0. The molecule has 0 N–H and O–H groups in total. The highest BCUT2D eigenvalue weighted by molar-refractivity contribution is 6.12. The van der Waals surface area contributed by atoms with Crippen molar-refractivity contribution in [1.29, 1.82) is 0 Å². The van der Waals surface area contributed by atoms with Crippen LogP contribution in [0, 0.1) is 62.3 Å². The van der Waals surface area contributed by atoms with Gasteiger partial charge in [-0.3, -0.25) is 0 Å². The number of hydrogen-bond donors (Lipinski definition) is 0. The van der Waals surface area contributed by atoms with Gasteiger partial charge in [0.1, 0.15) is 28.2 Å². The molecule has 0 amide bonds. The highest BCUT2D eigenvalue weighted by atomic mass is 16.4. The Bertz CT molecular complexity index is 6980. The minimum absolute atomic E-state index is 0.00339. The van der Waals surface area contributed by atoms with E-state index in [2.05, 4.69) is 159 Å². The lowest BCUT2D eigenvalue weighted by atomic mass is 9.86. The van der Waals surface area contributed by atoms with Crippen LogP contribution >= 0.6 is 0 Å². The third-order valence-corrected chi connectivity index (χ3v) is 21.5. The van der Waals surface area contributed by atoms with Crippen molar-refractivity contribution in [2.45, 2.75) is 184 Å². The molecule has 0 aliphatic heterocycles. The van der Waals surface area contributed by atoms with Crippen molar-refractivity contribution in [3.05, 3.63) is 237 Å². The Balaban J connectivity index is 0.000000131. The van der Waals surface area contributed by atoms with Crippen LogP contribution in [0.5, 0.6) is 0 Å². The maximum atomic E-state index is 9.02. The third-order valence-electron chi connectivity index (χ3n) is 21.5. The van der Waals surface area contributed by atoms with Crippen LogP contribution in [0.4, 0.5) is 0 Å². The van der Waals surface area contributed by atoms with Gasteiger partial charge in [-0.05, 0) is 200 Å². The summed E-state index contributed by atoms with van der Waals surface area (Å²) < 4.78 is 165. The summed E-state index contributed by atoms with van der Waals surface area (Å²) >= 11 is 0. The molecule has 3 atom stereocenters. The fraction of sp³-hybridized carbons (Fsp3) is 0.333. The number of aromatic nitrogens is 8. The second-order valence-corrected chi connectivity index (χ2v) is 29.3. The van der Waals surface area contributed by atoms with E-state index >= 15 is 0 Å². The summed E-state index contributed by atoms with van der Waals surface area (Å²) in [7, 11) is 7.78. The number of pyridine rings is 8. The second kappa shape index (κ2) is 29.8. The van der Waals surface area contributed by atoms with Crippen molar-refractivity contribution in [1.82, 2.24) is 19.9 Å². The van der Waals surface area contributed by atoms with Crippen molar-refractivity contribution < 1.29 is 57.9 Å². The van der Waals surface area contributed by atoms with Crippen LogP contribution in [0.2, 0.25) is 0 Å². The Morgan fingerprint density at radius 1 is 0.389 bits per heavy atom. The molecule has 12 heteroatoms. The summed E-state index contributed by atoms with van der Waals surface area (Å²) in [4.78, 5) is 18.4. The molecule has 2 saturated carbocycles. The lowest BCUT2D eigenvalue weighted by Gasteiger charge is -2.20. The van der Waals surface area contributed by atoms with E-state index in [1.165, 1.54) is 59.0 Å². The van der Waals surface area contributed by atoms with Gasteiger partial charge in [0.15, 0.2) is 47.1 Å². The first-order valence-corrected chi connectivity index (χ1v) is 37.3. The van der Waals surface area contributed by atoms with E-state index < -0.39 is 56.4 Å². The average Bonchev–Trinajstić information content (AvgIpc) is 1.43. The summed E-state index contributed by atoms with van der Waals surface area (Å²) in [6.07, 6.45) is 4.61. The Labute approximate surface area is 657 Å². The maximum absolute atomic E-state index is 9.02. The summed E-state index contributed by atoms with van der Waals surface area (Å²) in [6, 6.07) is 43.0.